The summed E-state index contributed by atoms with van der Waals surface area (Å²) in [5.74, 6) is 0.554. The second-order valence-corrected chi connectivity index (χ2v) is 4.63. The van der Waals surface area contributed by atoms with E-state index in [1.54, 1.807) is 11.8 Å². The predicted octanol–water partition coefficient (Wildman–Crippen LogP) is 3.18. The molecule has 0 saturated carbocycles. The number of thioether (sulfide) groups is 1. The minimum atomic E-state index is 0.554. The van der Waals surface area contributed by atoms with Crippen LogP contribution in [0.25, 0.3) is 0 Å². The standard InChI is InChI=1S/C12H13NS/c13-7-8-14-12-6-5-10-3-1-2-4-11(10)9-12/h5-6,9H,1-4,8H2. The monoisotopic (exact) mass is 203 g/mol. The molecule has 0 aromatic heterocycles. The Kier molecular flexibility index (Phi) is 3.10. The Balaban J connectivity index is 2.17. The maximum atomic E-state index is 8.50. The first-order valence-corrected chi connectivity index (χ1v) is 6.00. The lowest BCUT2D eigenvalue weighted by Crippen LogP contribution is -2.01. The van der Waals surface area contributed by atoms with Gasteiger partial charge in [-0.2, -0.15) is 5.26 Å². The molecule has 0 fully saturated rings. The smallest absolute Gasteiger partial charge is 0.0855 e. The zero-order chi connectivity index (χ0) is 9.80. The Labute approximate surface area is 89.1 Å². The van der Waals surface area contributed by atoms with Crippen LogP contribution in [0.3, 0.4) is 0 Å². The van der Waals surface area contributed by atoms with E-state index in [9.17, 15) is 0 Å². The SMILES string of the molecule is N#CCSc1ccc2c(c1)CCCC2. The molecule has 0 unspecified atom stereocenters. The highest BCUT2D eigenvalue weighted by Crippen LogP contribution is 2.26. The molecule has 1 aliphatic carbocycles. The third kappa shape index (κ3) is 2.10. The summed E-state index contributed by atoms with van der Waals surface area (Å²) in [6.07, 6.45) is 5.10. The number of rotatable bonds is 2. The number of fused-ring (bicyclic) bond motifs is 1. The van der Waals surface area contributed by atoms with E-state index in [4.69, 9.17) is 5.26 Å². The minimum absolute atomic E-state index is 0.554. The fourth-order valence-electron chi connectivity index (χ4n) is 1.92. The summed E-state index contributed by atoms with van der Waals surface area (Å²) in [5, 5.41) is 8.50. The van der Waals surface area contributed by atoms with Crippen molar-refractivity contribution in [3.8, 4) is 6.07 Å². The molecule has 1 aromatic carbocycles. The van der Waals surface area contributed by atoms with E-state index in [2.05, 4.69) is 24.3 Å². The molecule has 1 aliphatic rings. The van der Waals surface area contributed by atoms with Crippen LogP contribution in [0.4, 0.5) is 0 Å². The summed E-state index contributed by atoms with van der Waals surface area (Å²) >= 11 is 1.63. The van der Waals surface area contributed by atoms with Gasteiger partial charge < -0.3 is 0 Å². The van der Waals surface area contributed by atoms with Crippen LogP contribution in [0.2, 0.25) is 0 Å². The number of hydrogen-bond acceptors (Lipinski definition) is 2. The molecule has 0 saturated heterocycles. The molecule has 2 rings (SSSR count). The Morgan fingerprint density at radius 3 is 2.79 bits per heavy atom. The van der Waals surface area contributed by atoms with E-state index >= 15 is 0 Å². The molecule has 0 spiro atoms. The highest BCUT2D eigenvalue weighted by atomic mass is 32.2. The summed E-state index contributed by atoms with van der Waals surface area (Å²) in [5.41, 5.74) is 3.01. The lowest BCUT2D eigenvalue weighted by atomic mass is 9.92. The van der Waals surface area contributed by atoms with Gasteiger partial charge in [0.1, 0.15) is 0 Å². The van der Waals surface area contributed by atoms with Crippen molar-refractivity contribution >= 4 is 11.8 Å². The largest absolute Gasteiger partial charge is 0.197 e. The lowest BCUT2D eigenvalue weighted by molar-refractivity contribution is 0.683. The predicted molar refractivity (Wildman–Crippen MR) is 59.4 cm³/mol. The van der Waals surface area contributed by atoms with Gasteiger partial charge in [0, 0.05) is 4.90 Å². The van der Waals surface area contributed by atoms with Crippen molar-refractivity contribution < 1.29 is 0 Å². The normalized spacial score (nSPS) is 14.5. The van der Waals surface area contributed by atoms with Gasteiger partial charge in [-0.1, -0.05) is 6.07 Å². The fraction of sp³-hybridized carbons (Fsp3) is 0.417. The quantitative estimate of drug-likeness (QED) is 0.689. The summed E-state index contributed by atoms with van der Waals surface area (Å²) in [6.45, 7) is 0. The molecule has 14 heavy (non-hydrogen) atoms. The molecule has 0 amide bonds. The molecule has 2 heteroatoms. The van der Waals surface area contributed by atoms with Crippen LogP contribution >= 0.6 is 11.8 Å². The summed E-state index contributed by atoms with van der Waals surface area (Å²) < 4.78 is 0. The highest BCUT2D eigenvalue weighted by molar-refractivity contribution is 7.99. The lowest BCUT2D eigenvalue weighted by Gasteiger charge is -2.15. The average molecular weight is 203 g/mol. The molecule has 0 atom stereocenters. The average Bonchev–Trinajstić information content (AvgIpc) is 2.26. The summed E-state index contributed by atoms with van der Waals surface area (Å²) in [4.78, 5) is 1.24. The zero-order valence-corrected chi connectivity index (χ0v) is 8.94. The van der Waals surface area contributed by atoms with Crippen LogP contribution in [0, 0.1) is 11.3 Å². The van der Waals surface area contributed by atoms with Crippen molar-refractivity contribution in [2.75, 3.05) is 5.75 Å². The second-order valence-electron chi connectivity index (χ2n) is 3.58. The first-order chi connectivity index (χ1) is 6.90. The van der Waals surface area contributed by atoms with Gasteiger partial charge in [0.05, 0.1) is 11.8 Å². The molecule has 0 radical (unpaired) electrons. The number of nitriles is 1. The number of nitrogens with zero attached hydrogens (tertiary/aromatic N) is 1. The highest BCUT2D eigenvalue weighted by Gasteiger charge is 2.09. The topological polar surface area (TPSA) is 23.8 Å². The Morgan fingerprint density at radius 1 is 1.21 bits per heavy atom. The van der Waals surface area contributed by atoms with Crippen molar-refractivity contribution in [2.24, 2.45) is 0 Å². The van der Waals surface area contributed by atoms with Crippen molar-refractivity contribution in [3.63, 3.8) is 0 Å². The van der Waals surface area contributed by atoms with E-state index in [0.29, 0.717) is 5.75 Å². The van der Waals surface area contributed by atoms with Crippen LogP contribution in [0.1, 0.15) is 24.0 Å². The Bertz CT molecular complexity index is 365. The van der Waals surface area contributed by atoms with E-state index in [1.165, 1.54) is 41.7 Å². The number of aryl methyl sites for hydroxylation is 2. The van der Waals surface area contributed by atoms with Crippen LogP contribution in [-0.2, 0) is 12.8 Å². The van der Waals surface area contributed by atoms with Crippen LogP contribution in [0.15, 0.2) is 23.1 Å². The molecule has 0 N–H and O–H groups in total. The van der Waals surface area contributed by atoms with Gasteiger partial charge in [-0.3, -0.25) is 0 Å². The van der Waals surface area contributed by atoms with Gasteiger partial charge in [-0.05, 0) is 48.9 Å². The fourth-order valence-corrected chi connectivity index (χ4v) is 2.54. The first-order valence-electron chi connectivity index (χ1n) is 5.02. The maximum absolute atomic E-state index is 8.50. The molecule has 0 aliphatic heterocycles. The second kappa shape index (κ2) is 4.52. The van der Waals surface area contributed by atoms with Crippen molar-refractivity contribution in [2.45, 2.75) is 30.6 Å². The Morgan fingerprint density at radius 2 is 2.00 bits per heavy atom. The zero-order valence-electron chi connectivity index (χ0n) is 8.12. The molecule has 0 bridgehead atoms. The van der Waals surface area contributed by atoms with Gasteiger partial charge in [0.2, 0.25) is 0 Å². The summed E-state index contributed by atoms with van der Waals surface area (Å²) in [7, 11) is 0. The van der Waals surface area contributed by atoms with Gasteiger partial charge in [0.15, 0.2) is 0 Å². The Hall–Kier alpha value is -0.940. The third-order valence-corrected chi connectivity index (χ3v) is 3.48. The van der Waals surface area contributed by atoms with Gasteiger partial charge in [-0.15, -0.1) is 11.8 Å². The van der Waals surface area contributed by atoms with Crippen LogP contribution in [0.5, 0.6) is 0 Å². The van der Waals surface area contributed by atoms with Gasteiger partial charge >= 0.3 is 0 Å². The molecule has 72 valence electrons. The van der Waals surface area contributed by atoms with Gasteiger partial charge in [-0.25, -0.2) is 0 Å². The number of benzene rings is 1. The van der Waals surface area contributed by atoms with Crippen molar-refractivity contribution in [1.82, 2.24) is 0 Å². The van der Waals surface area contributed by atoms with Gasteiger partial charge in [0.25, 0.3) is 0 Å². The van der Waals surface area contributed by atoms with Crippen molar-refractivity contribution in [3.05, 3.63) is 29.3 Å². The number of hydrogen-bond donors (Lipinski definition) is 0. The van der Waals surface area contributed by atoms with Crippen LogP contribution < -0.4 is 0 Å². The van der Waals surface area contributed by atoms with E-state index in [1.807, 2.05) is 0 Å². The van der Waals surface area contributed by atoms with E-state index in [0.717, 1.165) is 0 Å². The maximum Gasteiger partial charge on any atom is 0.0855 e. The molecule has 1 nitrogen and oxygen atoms in total. The molecular weight excluding hydrogens is 190 g/mol. The molecular formula is C12H13NS. The van der Waals surface area contributed by atoms with Crippen molar-refractivity contribution in [1.29, 1.82) is 5.26 Å². The van der Waals surface area contributed by atoms with E-state index < -0.39 is 0 Å². The summed E-state index contributed by atoms with van der Waals surface area (Å²) in [6, 6.07) is 8.79. The van der Waals surface area contributed by atoms with E-state index in [-0.39, 0.29) is 0 Å². The third-order valence-electron chi connectivity index (χ3n) is 2.62. The molecule has 1 aromatic rings. The van der Waals surface area contributed by atoms with Crippen LogP contribution in [-0.4, -0.2) is 5.75 Å². The minimum Gasteiger partial charge on any atom is -0.197 e. The first kappa shape index (κ1) is 9.61. The molecule has 0 heterocycles.